The number of anilines is 2. The molecule has 4 rings (SSSR count). The van der Waals surface area contributed by atoms with Gasteiger partial charge in [0.15, 0.2) is 0 Å². The number of benzene rings is 2. The van der Waals surface area contributed by atoms with Gasteiger partial charge in [-0.1, -0.05) is 36.4 Å². The van der Waals surface area contributed by atoms with E-state index in [4.69, 9.17) is 0 Å². The number of thiophene rings is 1. The van der Waals surface area contributed by atoms with Gasteiger partial charge in [-0.3, -0.25) is 14.5 Å². The highest BCUT2D eigenvalue weighted by molar-refractivity contribution is 7.12. The second-order valence-corrected chi connectivity index (χ2v) is 8.97. The number of nitrogens with zero attached hydrogens (tertiary/aromatic N) is 1. The summed E-state index contributed by atoms with van der Waals surface area (Å²) in [7, 11) is 0. The summed E-state index contributed by atoms with van der Waals surface area (Å²) in [6.07, 6.45) is 1.27. The SMILES string of the molecule is O=C(CN1CCC(C(O)c2ccccc2)CC1)Nc1ccc(NC(=O)c2cccs2)cc1. The lowest BCUT2D eigenvalue weighted by Crippen LogP contribution is -2.40. The van der Waals surface area contributed by atoms with E-state index >= 15 is 0 Å². The van der Waals surface area contributed by atoms with Gasteiger partial charge in [-0.05, 0) is 73.1 Å². The summed E-state index contributed by atoms with van der Waals surface area (Å²) in [6, 6.07) is 20.5. The van der Waals surface area contributed by atoms with E-state index in [0.717, 1.165) is 31.5 Å². The van der Waals surface area contributed by atoms with Gasteiger partial charge in [0.25, 0.3) is 5.91 Å². The maximum Gasteiger partial charge on any atom is 0.265 e. The van der Waals surface area contributed by atoms with Crippen molar-refractivity contribution in [1.82, 2.24) is 4.90 Å². The van der Waals surface area contributed by atoms with Gasteiger partial charge in [0.05, 0.1) is 17.5 Å². The fraction of sp³-hybridized carbons (Fsp3) is 0.280. The lowest BCUT2D eigenvalue weighted by molar-refractivity contribution is -0.117. The van der Waals surface area contributed by atoms with Crippen LogP contribution in [-0.2, 0) is 4.79 Å². The number of likely N-dealkylation sites (tertiary alicyclic amines) is 1. The molecule has 1 aromatic heterocycles. The summed E-state index contributed by atoms with van der Waals surface area (Å²) in [5.41, 5.74) is 2.33. The first kappa shape index (κ1) is 22.2. The van der Waals surface area contributed by atoms with E-state index in [2.05, 4.69) is 15.5 Å². The van der Waals surface area contributed by atoms with Crippen LogP contribution in [0.15, 0.2) is 72.1 Å². The summed E-state index contributed by atoms with van der Waals surface area (Å²) in [6.45, 7) is 1.90. The van der Waals surface area contributed by atoms with Crippen molar-refractivity contribution in [2.45, 2.75) is 18.9 Å². The molecule has 2 heterocycles. The van der Waals surface area contributed by atoms with Crippen LogP contribution >= 0.6 is 11.3 Å². The third-order valence-electron chi connectivity index (χ3n) is 5.76. The summed E-state index contributed by atoms with van der Waals surface area (Å²) >= 11 is 1.39. The highest BCUT2D eigenvalue weighted by Crippen LogP contribution is 2.30. The van der Waals surface area contributed by atoms with Crippen molar-refractivity contribution in [2.75, 3.05) is 30.3 Å². The van der Waals surface area contributed by atoms with Crippen molar-refractivity contribution in [3.63, 3.8) is 0 Å². The van der Waals surface area contributed by atoms with E-state index in [-0.39, 0.29) is 17.7 Å². The minimum Gasteiger partial charge on any atom is -0.388 e. The molecule has 1 aliphatic heterocycles. The summed E-state index contributed by atoms with van der Waals surface area (Å²) in [5.74, 6) is 0.00800. The monoisotopic (exact) mass is 449 g/mol. The Morgan fingerprint density at radius 3 is 2.22 bits per heavy atom. The number of aliphatic hydroxyl groups excluding tert-OH is 1. The molecule has 7 heteroatoms. The molecule has 1 saturated heterocycles. The van der Waals surface area contributed by atoms with Gasteiger partial charge in [-0.15, -0.1) is 11.3 Å². The minimum atomic E-state index is -0.453. The molecule has 0 radical (unpaired) electrons. The van der Waals surface area contributed by atoms with Crippen LogP contribution in [0.5, 0.6) is 0 Å². The smallest absolute Gasteiger partial charge is 0.265 e. The molecule has 3 N–H and O–H groups in total. The van der Waals surface area contributed by atoms with E-state index in [0.29, 0.717) is 22.8 Å². The molecule has 6 nitrogen and oxygen atoms in total. The molecular weight excluding hydrogens is 422 g/mol. The van der Waals surface area contributed by atoms with Crippen LogP contribution in [0, 0.1) is 5.92 Å². The van der Waals surface area contributed by atoms with Gasteiger partial charge in [0.2, 0.25) is 5.91 Å². The summed E-state index contributed by atoms with van der Waals surface area (Å²) < 4.78 is 0. The normalized spacial score (nSPS) is 15.8. The van der Waals surface area contributed by atoms with Crippen molar-refractivity contribution in [2.24, 2.45) is 5.92 Å². The fourth-order valence-electron chi connectivity index (χ4n) is 3.99. The molecule has 0 bridgehead atoms. The Hall–Kier alpha value is -3.00. The summed E-state index contributed by atoms with van der Waals surface area (Å²) in [5, 5.41) is 18.2. The maximum absolute atomic E-state index is 12.5. The van der Waals surface area contributed by atoms with Crippen LogP contribution in [-0.4, -0.2) is 41.5 Å². The van der Waals surface area contributed by atoms with E-state index in [1.165, 1.54) is 11.3 Å². The van der Waals surface area contributed by atoms with Crippen LogP contribution in [0.4, 0.5) is 11.4 Å². The molecule has 1 atom stereocenters. The Kier molecular flexibility index (Phi) is 7.32. The Morgan fingerprint density at radius 2 is 1.59 bits per heavy atom. The van der Waals surface area contributed by atoms with Gasteiger partial charge in [0, 0.05) is 11.4 Å². The van der Waals surface area contributed by atoms with E-state index in [9.17, 15) is 14.7 Å². The maximum atomic E-state index is 12.5. The zero-order valence-electron chi connectivity index (χ0n) is 17.7. The molecule has 1 unspecified atom stereocenters. The molecule has 1 aliphatic rings. The number of hydrogen-bond donors (Lipinski definition) is 3. The first-order valence-corrected chi connectivity index (χ1v) is 11.7. The highest BCUT2D eigenvalue weighted by Gasteiger charge is 2.26. The van der Waals surface area contributed by atoms with Gasteiger partial charge in [-0.2, -0.15) is 0 Å². The van der Waals surface area contributed by atoms with E-state index < -0.39 is 6.10 Å². The Labute approximate surface area is 191 Å². The molecule has 2 amide bonds. The van der Waals surface area contributed by atoms with Crippen LogP contribution in [0.25, 0.3) is 0 Å². The summed E-state index contributed by atoms with van der Waals surface area (Å²) in [4.78, 5) is 27.4. The third-order valence-corrected chi connectivity index (χ3v) is 6.63. The average Bonchev–Trinajstić information content (AvgIpc) is 3.36. The molecule has 1 fully saturated rings. The number of hydrogen-bond acceptors (Lipinski definition) is 5. The van der Waals surface area contributed by atoms with Crippen LogP contribution in [0.2, 0.25) is 0 Å². The zero-order valence-corrected chi connectivity index (χ0v) is 18.6. The second-order valence-electron chi connectivity index (χ2n) is 8.03. The minimum absolute atomic E-state index is 0.0672. The van der Waals surface area contributed by atoms with Crippen molar-refractivity contribution in [3.05, 3.63) is 82.6 Å². The quantitative estimate of drug-likeness (QED) is 0.500. The second kappa shape index (κ2) is 10.5. The largest absolute Gasteiger partial charge is 0.388 e. The molecule has 0 saturated carbocycles. The van der Waals surface area contributed by atoms with Crippen molar-refractivity contribution in [1.29, 1.82) is 0 Å². The van der Waals surface area contributed by atoms with Crippen molar-refractivity contribution < 1.29 is 14.7 Å². The number of rotatable bonds is 7. The number of aliphatic hydroxyl groups is 1. The lowest BCUT2D eigenvalue weighted by atomic mass is 9.87. The third kappa shape index (κ3) is 5.82. The molecule has 2 aromatic carbocycles. The van der Waals surface area contributed by atoms with Crippen LogP contribution < -0.4 is 10.6 Å². The molecule has 166 valence electrons. The average molecular weight is 450 g/mol. The van der Waals surface area contributed by atoms with Crippen LogP contribution in [0.1, 0.15) is 34.2 Å². The van der Waals surface area contributed by atoms with E-state index in [1.807, 2.05) is 41.8 Å². The van der Waals surface area contributed by atoms with Gasteiger partial charge >= 0.3 is 0 Å². The van der Waals surface area contributed by atoms with E-state index in [1.54, 1.807) is 30.3 Å². The van der Waals surface area contributed by atoms with Gasteiger partial charge in [-0.25, -0.2) is 0 Å². The van der Waals surface area contributed by atoms with Gasteiger partial charge in [0.1, 0.15) is 0 Å². The van der Waals surface area contributed by atoms with Gasteiger partial charge < -0.3 is 15.7 Å². The molecule has 32 heavy (non-hydrogen) atoms. The number of piperidine rings is 1. The molecular formula is C25H27N3O3S. The lowest BCUT2D eigenvalue weighted by Gasteiger charge is -2.34. The molecule has 3 aromatic rings. The number of carbonyl (C=O) groups excluding carboxylic acids is 2. The fourth-order valence-corrected chi connectivity index (χ4v) is 4.61. The number of nitrogens with one attached hydrogen (secondary N) is 2. The standard InChI is InChI=1S/C25H27N3O3S/c29-23(17-28-14-12-19(13-15-28)24(30)18-5-2-1-3-6-18)26-20-8-10-21(11-9-20)27-25(31)22-7-4-16-32-22/h1-11,16,19,24,30H,12-15,17H2,(H,26,29)(H,27,31). The number of amides is 2. The number of carbonyl (C=O) groups is 2. The van der Waals surface area contributed by atoms with Crippen molar-refractivity contribution >= 4 is 34.5 Å². The first-order valence-electron chi connectivity index (χ1n) is 10.8. The van der Waals surface area contributed by atoms with Crippen LogP contribution in [0.3, 0.4) is 0 Å². The predicted molar refractivity (Wildman–Crippen MR) is 128 cm³/mol. The Bertz CT molecular complexity index is 1010. The Morgan fingerprint density at radius 1 is 0.938 bits per heavy atom. The predicted octanol–water partition coefficient (Wildman–Crippen LogP) is 4.38. The first-order chi connectivity index (χ1) is 15.6. The zero-order chi connectivity index (χ0) is 22.3. The molecule has 0 aliphatic carbocycles. The topological polar surface area (TPSA) is 81.7 Å². The Balaban J connectivity index is 1.22. The van der Waals surface area contributed by atoms with Crippen molar-refractivity contribution in [3.8, 4) is 0 Å². The molecule has 0 spiro atoms. The highest BCUT2D eigenvalue weighted by atomic mass is 32.1.